The van der Waals surface area contributed by atoms with Crippen LogP contribution in [0.3, 0.4) is 0 Å². The first-order valence-corrected chi connectivity index (χ1v) is 8.49. The highest BCUT2D eigenvalue weighted by molar-refractivity contribution is 6.02. The lowest BCUT2D eigenvalue weighted by Gasteiger charge is -2.16. The molecule has 2 N–H and O–H groups in total. The van der Waals surface area contributed by atoms with Crippen LogP contribution in [-0.2, 0) is 0 Å². The Kier molecular flexibility index (Phi) is 4.21. The number of carbonyl (C=O) groups is 1. The number of aromatic nitrogens is 5. The molecule has 0 bridgehead atoms. The molecule has 1 aliphatic rings. The number of carbonyl (C=O) groups excluding carboxylic acids is 1. The molecule has 0 unspecified atom stereocenters. The molecule has 9 heteroatoms. The number of nitrogens with one attached hydrogen (secondary N) is 2. The lowest BCUT2D eigenvalue weighted by molar-refractivity contribution is 0.102. The predicted octanol–water partition coefficient (Wildman–Crippen LogP) is 0.878. The summed E-state index contributed by atoms with van der Waals surface area (Å²) in [5.41, 5.74) is 1.87. The number of rotatable bonds is 4. The van der Waals surface area contributed by atoms with Crippen molar-refractivity contribution in [2.24, 2.45) is 0 Å². The molecule has 0 aliphatic carbocycles. The van der Waals surface area contributed by atoms with E-state index < -0.39 is 0 Å². The van der Waals surface area contributed by atoms with Gasteiger partial charge in [-0.1, -0.05) is 0 Å². The average molecular weight is 352 g/mol. The van der Waals surface area contributed by atoms with Crippen LogP contribution in [0.1, 0.15) is 22.6 Å². The van der Waals surface area contributed by atoms with Crippen molar-refractivity contribution in [3.63, 3.8) is 0 Å². The second kappa shape index (κ2) is 6.68. The molecule has 3 aromatic heterocycles. The summed E-state index contributed by atoms with van der Waals surface area (Å²) in [6.07, 6.45) is 9.41. The summed E-state index contributed by atoms with van der Waals surface area (Å²) < 4.78 is 1.82. The third-order valence-corrected chi connectivity index (χ3v) is 4.49. The van der Waals surface area contributed by atoms with E-state index in [9.17, 15) is 4.79 Å². The Morgan fingerprint density at radius 2 is 2.08 bits per heavy atom. The van der Waals surface area contributed by atoms with Gasteiger partial charge in [-0.15, -0.1) is 0 Å². The molecule has 0 saturated carbocycles. The van der Waals surface area contributed by atoms with E-state index in [1.807, 2.05) is 24.6 Å². The zero-order chi connectivity index (χ0) is 18.1. The van der Waals surface area contributed by atoms with Crippen LogP contribution in [-0.4, -0.2) is 56.4 Å². The van der Waals surface area contributed by atoms with Gasteiger partial charge in [0.25, 0.3) is 5.91 Å². The largest absolute Gasteiger partial charge is 0.354 e. The van der Waals surface area contributed by atoms with Crippen LogP contribution in [0.2, 0.25) is 0 Å². The zero-order valence-electron chi connectivity index (χ0n) is 14.7. The molecule has 9 nitrogen and oxygen atoms in total. The SMILES string of the molecule is CN[C@@H]1CCN(c2cnc(C(=O)Nc3cn4cc(C)nc4cn3)cn2)C1. The third kappa shape index (κ3) is 3.21. The minimum absolute atomic E-state index is 0.252. The topological polar surface area (TPSA) is 100 Å². The van der Waals surface area contributed by atoms with Gasteiger partial charge in [-0.3, -0.25) is 4.79 Å². The van der Waals surface area contributed by atoms with E-state index in [0.29, 0.717) is 11.9 Å². The van der Waals surface area contributed by atoms with Gasteiger partial charge in [-0.2, -0.15) is 0 Å². The molecule has 0 aromatic carbocycles. The molecule has 1 atom stereocenters. The van der Waals surface area contributed by atoms with Crippen LogP contribution in [0.4, 0.5) is 11.6 Å². The third-order valence-electron chi connectivity index (χ3n) is 4.49. The van der Waals surface area contributed by atoms with Crippen molar-refractivity contribution in [1.82, 2.24) is 29.7 Å². The van der Waals surface area contributed by atoms with Gasteiger partial charge in [0.2, 0.25) is 0 Å². The van der Waals surface area contributed by atoms with E-state index >= 15 is 0 Å². The maximum Gasteiger partial charge on any atom is 0.277 e. The fourth-order valence-corrected chi connectivity index (χ4v) is 3.08. The number of hydrogen-bond donors (Lipinski definition) is 2. The predicted molar refractivity (Wildman–Crippen MR) is 97.4 cm³/mol. The van der Waals surface area contributed by atoms with Gasteiger partial charge >= 0.3 is 0 Å². The van der Waals surface area contributed by atoms with E-state index in [0.717, 1.165) is 36.7 Å². The number of likely N-dealkylation sites (N-methyl/N-ethyl adjacent to an activating group) is 1. The molecule has 1 fully saturated rings. The fraction of sp³-hybridized carbons (Fsp3) is 0.353. The van der Waals surface area contributed by atoms with Gasteiger partial charge in [-0.05, 0) is 20.4 Å². The molecular formula is C17H20N8O. The van der Waals surface area contributed by atoms with Crippen LogP contribution in [0.5, 0.6) is 0 Å². The molecule has 1 aliphatic heterocycles. The number of fused-ring (bicyclic) bond motifs is 1. The fourth-order valence-electron chi connectivity index (χ4n) is 3.08. The molecule has 26 heavy (non-hydrogen) atoms. The first kappa shape index (κ1) is 16.4. The summed E-state index contributed by atoms with van der Waals surface area (Å²) in [6, 6.07) is 0.465. The molecule has 1 amide bonds. The van der Waals surface area contributed by atoms with Crippen molar-refractivity contribution in [3.8, 4) is 0 Å². The number of nitrogens with zero attached hydrogens (tertiary/aromatic N) is 6. The Morgan fingerprint density at radius 3 is 2.81 bits per heavy atom. The van der Waals surface area contributed by atoms with Gasteiger partial charge in [0.1, 0.15) is 17.3 Å². The van der Waals surface area contributed by atoms with Crippen molar-refractivity contribution in [1.29, 1.82) is 0 Å². The second-order valence-corrected chi connectivity index (χ2v) is 6.35. The normalized spacial score (nSPS) is 17.0. The van der Waals surface area contributed by atoms with E-state index in [2.05, 4.69) is 35.5 Å². The summed E-state index contributed by atoms with van der Waals surface area (Å²) >= 11 is 0. The summed E-state index contributed by atoms with van der Waals surface area (Å²) in [6.45, 7) is 3.73. The smallest absolute Gasteiger partial charge is 0.277 e. The maximum absolute atomic E-state index is 12.4. The molecule has 1 saturated heterocycles. The Labute approximate surface area is 150 Å². The average Bonchev–Trinajstić information content (AvgIpc) is 3.27. The Morgan fingerprint density at radius 1 is 1.19 bits per heavy atom. The van der Waals surface area contributed by atoms with Crippen molar-refractivity contribution in [2.45, 2.75) is 19.4 Å². The monoisotopic (exact) mass is 352 g/mol. The maximum atomic E-state index is 12.4. The second-order valence-electron chi connectivity index (χ2n) is 6.35. The number of imidazole rings is 1. The van der Waals surface area contributed by atoms with Crippen LogP contribution in [0, 0.1) is 6.92 Å². The van der Waals surface area contributed by atoms with Crippen LogP contribution in [0.25, 0.3) is 5.65 Å². The number of hydrogen-bond acceptors (Lipinski definition) is 7. The van der Waals surface area contributed by atoms with Crippen molar-refractivity contribution in [2.75, 3.05) is 30.4 Å². The highest BCUT2D eigenvalue weighted by Gasteiger charge is 2.22. The van der Waals surface area contributed by atoms with Crippen molar-refractivity contribution in [3.05, 3.63) is 42.4 Å². The molecule has 4 rings (SSSR count). The van der Waals surface area contributed by atoms with E-state index in [4.69, 9.17) is 0 Å². The summed E-state index contributed by atoms with van der Waals surface area (Å²) in [5, 5.41) is 6.01. The van der Waals surface area contributed by atoms with Gasteiger partial charge in [0.05, 0.1) is 30.5 Å². The quantitative estimate of drug-likeness (QED) is 0.719. The summed E-state index contributed by atoms with van der Waals surface area (Å²) in [7, 11) is 1.96. The molecule has 4 heterocycles. The summed E-state index contributed by atoms with van der Waals surface area (Å²) in [4.78, 5) is 31.7. The number of aryl methyl sites for hydroxylation is 1. The Hall–Kier alpha value is -3.07. The van der Waals surface area contributed by atoms with Crippen LogP contribution in [0.15, 0.2) is 31.0 Å². The van der Waals surface area contributed by atoms with E-state index in [-0.39, 0.29) is 11.6 Å². The van der Waals surface area contributed by atoms with E-state index in [1.54, 1.807) is 18.6 Å². The standard InChI is InChI=1S/C17H20N8O/c1-11-8-25-10-14(20-7-16(25)22-11)23-17(26)13-5-21-15(6-19-13)24-4-3-12(9-24)18-2/h5-8,10,12,18H,3-4,9H2,1-2H3,(H,23,26)/t12-/m1/s1. The minimum Gasteiger partial charge on any atom is -0.354 e. The Balaban J connectivity index is 1.45. The van der Waals surface area contributed by atoms with E-state index in [1.165, 1.54) is 6.20 Å². The molecule has 0 radical (unpaired) electrons. The lowest BCUT2D eigenvalue weighted by atomic mass is 10.3. The molecule has 0 spiro atoms. The minimum atomic E-state index is -0.345. The van der Waals surface area contributed by atoms with Gasteiger partial charge < -0.3 is 19.9 Å². The van der Waals surface area contributed by atoms with Crippen molar-refractivity contribution < 1.29 is 4.79 Å². The van der Waals surface area contributed by atoms with Crippen LogP contribution >= 0.6 is 0 Å². The van der Waals surface area contributed by atoms with Gasteiger partial charge in [0.15, 0.2) is 5.65 Å². The summed E-state index contributed by atoms with van der Waals surface area (Å²) in [5.74, 6) is 0.872. The Bertz CT molecular complexity index is 936. The first-order chi connectivity index (χ1) is 12.6. The highest BCUT2D eigenvalue weighted by Crippen LogP contribution is 2.17. The lowest BCUT2D eigenvalue weighted by Crippen LogP contribution is -2.30. The van der Waals surface area contributed by atoms with Crippen LogP contribution < -0.4 is 15.5 Å². The van der Waals surface area contributed by atoms with Crippen molar-refractivity contribution >= 4 is 23.2 Å². The zero-order valence-corrected chi connectivity index (χ0v) is 14.7. The first-order valence-electron chi connectivity index (χ1n) is 8.49. The molecule has 134 valence electrons. The number of anilines is 2. The molecule has 3 aromatic rings. The highest BCUT2D eigenvalue weighted by atomic mass is 16.1. The van der Waals surface area contributed by atoms with Gasteiger partial charge in [0, 0.05) is 25.3 Å². The molecular weight excluding hydrogens is 332 g/mol. The number of amides is 1. The van der Waals surface area contributed by atoms with Gasteiger partial charge in [-0.25, -0.2) is 19.9 Å².